The van der Waals surface area contributed by atoms with E-state index < -0.39 is 17.1 Å². The summed E-state index contributed by atoms with van der Waals surface area (Å²) in [5, 5.41) is 9.29. The number of amides is 1. The lowest BCUT2D eigenvalue weighted by molar-refractivity contribution is -0.147. The maximum absolute atomic E-state index is 12.1. The molecule has 2 aliphatic rings. The van der Waals surface area contributed by atoms with Crippen molar-refractivity contribution in [2.24, 2.45) is 0 Å². The predicted octanol–water partition coefficient (Wildman–Crippen LogP) is 1.56. The molecular formula is C16H28N2O5. The molecule has 2 rings (SSSR count). The van der Waals surface area contributed by atoms with Crippen LogP contribution in [0.3, 0.4) is 0 Å². The van der Waals surface area contributed by atoms with E-state index in [2.05, 4.69) is 4.90 Å². The maximum atomic E-state index is 12.1. The number of carbonyl (C=O) groups excluding carboxylic acids is 1. The number of carboxylic acid groups (broad SMARTS) is 1. The number of hydrogen-bond acceptors (Lipinski definition) is 5. The van der Waals surface area contributed by atoms with Crippen LogP contribution in [0.25, 0.3) is 0 Å². The molecule has 1 N–H and O–H groups in total. The monoisotopic (exact) mass is 328 g/mol. The van der Waals surface area contributed by atoms with Crippen molar-refractivity contribution < 1.29 is 24.2 Å². The summed E-state index contributed by atoms with van der Waals surface area (Å²) in [6.07, 6.45) is 1.44. The molecule has 0 saturated carbocycles. The molecular weight excluding hydrogens is 300 g/mol. The van der Waals surface area contributed by atoms with Crippen molar-refractivity contribution in [2.75, 3.05) is 33.4 Å². The molecule has 1 amide bonds. The first-order chi connectivity index (χ1) is 10.6. The SMILES string of the molecule is CN(C1CCOCC1)C1(CC(=O)O)CN(C(=O)OC(C)(C)C)C1. The highest BCUT2D eigenvalue weighted by atomic mass is 16.6. The topological polar surface area (TPSA) is 79.3 Å². The molecule has 7 heteroatoms. The molecule has 2 heterocycles. The van der Waals surface area contributed by atoms with Gasteiger partial charge in [0.2, 0.25) is 0 Å². The van der Waals surface area contributed by atoms with Crippen molar-refractivity contribution in [3.05, 3.63) is 0 Å². The van der Waals surface area contributed by atoms with Crippen LogP contribution in [0.1, 0.15) is 40.0 Å². The van der Waals surface area contributed by atoms with Gasteiger partial charge in [0.05, 0.1) is 12.0 Å². The second kappa shape index (κ2) is 6.65. The van der Waals surface area contributed by atoms with E-state index in [0.29, 0.717) is 32.3 Å². The summed E-state index contributed by atoms with van der Waals surface area (Å²) in [4.78, 5) is 27.2. The van der Waals surface area contributed by atoms with Crippen molar-refractivity contribution in [1.82, 2.24) is 9.80 Å². The molecule has 23 heavy (non-hydrogen) atoms. The molecule has 132 valence electrons. The summed E-state index contributed by atoms with van der Waals surface area (Å²) in [5.74, 6) is -0.840. The minimum absolute atomic E-state index is 0.0279. The maximum Gasteiger partial charge on any atom is 0.410 e. The van der Waals surface area contributed by atoms with Crippen molar-refractivity contribution in [1.29, 1.82) is 0 Å². The summed E-state index contributed by atoms with van der Waals surface area (Å²) in [7, 11) is 1.96. The van der Waals surface area contributed by atoms with E-state index in [1.54, 1.807) is 4.90 Å². The zero-order chi connectivity index (χ0) is 17.3. The Morgan fingerprint density at radius 3 is 2.35 bits per heavy atom. The molecule has 0 aromatic rings. The van der Waals surface area contributed by atoms with Crippen molar-refractivity contribution in [3.63, 3.8) is 0 Å². The van der Waals surface area contributed by atoms with E-state index in [4.69, 9.17) is 9.47 Å². The van der Waals surface area contributed by atoms with Crippen LogP contribution in [0, 0.1) is 0 Å². The Morgan fingerprint density at radius 1 is 1.30 bits per heavy atom. The number of ether oxygens (including phenoxy) is 2. The number of carboxylic acids is 1. The highest BCUT2D eigenvalue weighted by Gasteiger charge is 2.52. The molecule has 2 saturated heterocycles. The molecule has 0 spiro atoms. The number of nitrogens with zero attached hydrogens (tertiary/aromatic N) is 2. The normalized spacial score (nSPS) is 21.9. The van der Waals surface area contributed by atoms with Crippen molar-refractivity contribution in [2.45, 2.75) is 57.2 Å². The van der Waals surface area contributed by atoms with Crippen LogP contribution in [0.5, 0.6) is 0 Å². The van der Waals surface area contributed by atoms with Crippen molar-refractivity contribution >= 4 is 12.1 Å². The van der Waals surface area contributed by atoms with Gasteiger partial charge in [-0.3, -0.25) is 9.69 Å². The zero-order valence-electron chi connectivity index (χ0n) is 14.5. The molecule has 0 aromatic heterocycles. The third-order valence-corrected chi connectivity index (χ3v) is 4.59. The van der Waals surface area contributed by atoms with Gasteiger partial charge in [0.1, 0.15) is 5.60 Å². The number of rotatable bonds is 4. The van der Waals surface area contributed by atoms with Gasteiger partial charge < -0.3 is 19.5 Å². The van der Waals surface area contributed by atoms with Gasteiger partial charge in [-0.1, -0.05) is 0 Å². The second-order valence-corrected chi connectivity index (χ2v) is 7.59. The Balaban J connectivity index is 2.02. The van der Waals surface area contributed by atoms with Crippen LogP contribution in [0.4, 0.5) is 4.79 Å². The van der Waals surface area contributed by atoms with E-state index >= 15 is 0 Å². The first-order valence-corrected chi connectivity index (χ1v) is 8.13. The van der Waals surface area contributed by atoms with Gasteiger partial charge >= 0.3 is 12.1 Å². The van der Waals surface area contributed by atoms with E-state index in [0.717, 1.165) is 12.8 Å². The minimum atomic E-state index is -0.840. The molecule has 0 aliphatic carbocycles. The fraction of sp³-hybridized carbons (Fsp3) is 0.875. The quantitative estimate of drug-likeness (QED) is 0.844. The van der Waals surface area contributed by atoms with E-state index in [-0.39, 0.29) is 12.5 Å². The highest BCUT2D eigenvalue weighted by Crippen LogP contribution is 2.35. The molecule has 0 unspecified atom stereocenters. The second-order valence-electron chi connectivity index (χ2n) is 7.59. The number of aliphatic carboxylic acids is 1. The highest BCUT2D eigenvalue weighted by molar-refractivity contribution is 5.73. The molecule has 0 radical (unpaired) electrons. The van der Waals surface area contributed by atoms with Crippen LogP contribution in [-0.4, -0.2) is 77.5 Å². The summed E-state index contributed by atoms with van der Waals surface area (Å²) in [6, 6.07) is 0.295. The molecule has 2 aliphatic heterocycles. The Morgan fingerprint density at radius 2 is 1.87 bits per heavy atom. The van der Waals surface area contributed by atoms with Crippen LogP contribution in [0.15, 0.2) is 0 Å². The Hall–Kier alpha value is -1.34. The lowest BCUT2D eigenvalue weighted by Gasteiger charge is -2.56. The van der Waals surface area contributed by atoms with E-state index in [1.807, 2.05) is 27.8 Å². The number of hydrogen-bond donors (Lipinski definition) is 1. The fourth-order valence-electron chi connectivity index (χ4n) is 3.32. The van der Waals surface area contributed by atoms with Crippen LogP contribution in [0.2, 0.25) is 0 Å². The van der Waals surface area contributed by atoms with Gasteiger partial charge in [0.25, 0.3) is 0 Å². The van der Waals surface area contributed by atoms with Gasteiger partial charge in [-0.15, -0.1) is 0 Å². The average Bonchev–Trinajstić information content (AvgIpc) is 2.40. The molecule has 2 fully saturated rings. The zero-order valence-corrected chi connectivity index (χ0v) is 14.5. The Bertz CT molecular complexity index is 448. The summed E-state index contributed by atoms with van der Waals surface area (Å²) < 4.78 is 10.7. The third-order valence-electron chi connectivity index (χ3n) is 4.59. The van der Waals surface area contributed by atoms with Crippen LogP contribution < -0.4 is 0 Å². The summed E-state index contributed by atoms with van der Waals surface area (Å²) in [6.45, 7) is 7.65. The fourth-order valence-corrected chi connectivity index (χ4v) is 3.32. The average molecular weight is 328 g/mol. The number of carbonyl (C=O) groups is 2. The van der Waals surface area contributed by atoms with E-state index in [9.17, 15) is 14.7 Å². The summed E-state index contributed by atoms with van der Waals surface area (Å²) in [5.41, 5.74) is -1.06. The third kappa shape index (κ3) is 4.35. The van der Waals surface area contributed by atoms with Crippen molar-refractivity contribution in [3.8, 4) is 0 Å². The molecule has 0 atom stereocenters. The molecule has 0 aromatic carbocycles. The lowest BCUT2D eigenvalue weighted by Crippen LogP contribution is -2.73. The van der Waals surface area contributed by atoms with Crippen LogP contribution in [-0.2, 0) is 14.3 Å². The van der Waals surface area contributed by atoms with Crippen LogP contribution >= 0.6 is 0 Å². The van der Waals surface area contributed by atoms with E-state index in [1.165, 1.54) is 0 Å². The minimum Gasteiger partial charge on any atom is -0.481 e. The lowest BCUT2D eigenvalue weighted by atomic mass is 9.83. The largest absolute Gasteiger partial charge is 0.481 e. The van der Waals surface area contributed by atoms with Gasteiger partial charge in [-0.25, -0.2) is 4.79 Å². The molecule has 7 nitrogen and oxygen atoms in total. The van der Waals surface area contributed by atoms with Gasteiger partial charge in [0.15, 0.2) is 0 Å². The van der Waals surface area contributed by atoms with Gasteiger partial charge in [-0.05, 0) is 40.7 Å². The Kier molecular flexibility index (Phi) is 5.20. The number of likely N-dealkylation sites (tertiary alicyclic amines) is 1. The molecule has 0 bridgehead atoms. The smallest absolute Gasteiger partial charge is 0.410 e. The summed E-state index contributed by atoms with van der Waals surface area (Å²) >= 11 is 0. The van der Waals surface area contributed by atoms with Gasteiger partial charge in [0, 0.05) is 32.3 Å². The predicted molar refractivity (Wildman–Crippen MR) is 84.4 cm³/mol. The Labute approximate surface area is 137 Å². The standard InChI is InChI=1S/C16H28N2O5/c1-15(2,3)23-14(21)18-10-16(11-18,9-13(19)20)17(4)12-5-7-22-8-6-12/h12H,5-11H2,1-4H3,(H,19,20). The van der Waals surface area contributed by atoms with Gasteiger partial charge in [-0.2, -0.15) is 0 Å². The number of likely N-dealkylation sites (N-methyl/N-ethyl adjacent to an activating group) is 1. The first kappa shape index (κ1) is 18.0. The first-order valence-electron chi connectivity index (χ1n) is 8.13.